The van der Waals surface area contributed by atoms with Crippen LogP contribution in [0.15, 0.2) is 12.7 Å². The Hall–Kier alpha value is -0.700. The number of aromatic nitrogens is 4. The van der Waals surface area contributed by atoms with Crippen LogP contribution >= 0.6 is 25.8 Å². The van der Waals surface area contributed by atoms with Crippen molar-refractivity contribution >= 4 is 54.6 Å². The third kappa shape index (κ3) is 4.66. The number of aliphatic hydroxyl groups excluding tert-OH is 2. The zero-order valence-corrected chi connectivity index (χ0v) is 16.7. The molecule has 0 saturated carbocycles. The predicted molar refractivity (Wildman–Crippen MR) is 98.0 cm³/mol. The van der Waals surface area contributed by atoms with Crippen LogP contribution in [-0.4, -0.2) is 64.4 Å². The first-order valence-electron chi connectivity index (χ1n) is 7.17. The van der Waals surface area contributed by atoms with Gasteiger partial charge in [-0.2, -0.15) is 0 Å². The van der Waals surface area contributed by atoms with Crippen LogP contribution in [0.3, 0.4) is 0 Å². The van der Waals surface area contributed by atoms with Gasteiger partial charge in [0.05, 0.1) is 12.9 Å². The maximum absolute atomic E-state index is 10.9. The molecule has 1 fully saturated rings. The van der Waals surface area contributed by atoms with Crippen LogP contribution in [0.4, 0.5) is 5.82 Å². The van der Waals surface area contributed by atoms with E-state index in [9.17, 15) is 14.8 Å². The second-order valence-corrected chi connectivity index (χ2v) is 12.1. The van der Waals surface area contributed by atoms with E-state index < -0.39 is 44.7 Å². The van der Waals surface area contributed by atoms with Crippen LogP contribution in [0, 0.1) is 0 Å². The Labute approximate surface area is 162 Å². The van der Waals surface area contributed by atoms with Crippen molar-refractivity contribution in [3.8, 4) is 0 Å². The Bertz CT molecular complexity index is 939. The van der Waals surface area contributed by atoms with Gasteiger partial charge in [0.2, 0.25) is 0 Å². The number of nitrogens with two attached hydrogens (primary N) is 1. The lowest BCUT2D eigenvalue weighted by atomic mass is 10.1. The minimum atomic E-state index is -4.91. The molecule has 3 rings (SSSR count). The third-order valence-corrected chi connectivity index (χ3v) is 7.68. The number of nitrogen functional groups attached to an aromatic ring is 1. The average Bonchev–Trinajstić information content (AvgIpc) is 3.07. The Kier molecular flexibility index (Phi) is 5.93. The van der Waals surface area contributed by atoms with Crippen LogP contribution in [0.1, 0.15) is 6.23 Å². The molecule has 0 aliphatic carbocycles. The number of hydrogen-bond donors (Lipinski definition) is 6. The molecule has 0 spiro atoms. The van der Waals surface area contributed by atoms with Crippen LogP contribution in [0.5, 0.6) is 0 Å². The molecule has 6 N–H and O–H groups in total. The monoisotopic (exact) mass is 459 g/mol. The minimum absolute atomic E-state index is 0.136. The standard InChI is InChI=1S/C10H15N5O8P2S2/c11-8-5-9(13-2-12-8)15(3-14-5)10-7(17)6(16)4(22-10)1-21-25(26,27)23-24(18,19)20/h2-4,6-7,10,16-17H,1H2,(H,26,27)(H2,11,12,13)(H2,18,19,20)/t4-,6-,7-,10-/m1/s1. The lowest BCUT2D eigenvalue weighted by molar-refractivity contribution is -0.0469. The number of imidazole rings is 1. The molecule has 0 bridgehead atoms. The highest BCUT2D eigenvalue weighted by molar-refractivity contribution is 8.60. The Morgan fingerprint density at radius 1 is 1.33 bits per heavy atom. The Morgan fingerprint density at radius 3 is 2.70 bits per heavy atom. The molecule has 1 aliphatic rings. The van der Waals surface area contributed by atoms with E-state index in [0.29, 0.717) is 5.52 Å². The molecular weight excluding hydrogens is 444 g/mol. The first-order valence-corrected chi connectivity index (χ1v) is 12.5. The molecule has 0 amide bonds. The zero-order valence-electron chi connectivity index (χ0n) is 13.2. The summed E-state index contributed by atoms with van der Waals surface area (Å²) in [5, 5.41) is 20.5. The van der Waals surface area contributed by atoms with Gasteiger partial charge in [0.15, 0.2) is 17.7 Å². The molecule has 13 nitrogen and oxygen atoms in total. The Morgan fingerprint density at radius 2 is 2.04 bits per heavy atom. The summed E-state index contributed by atoms with van der Waals surface area (Å²) in [6, 6.07) is 0. The number of ether oxygens (including phenoxy) is 1. The quantitative estimate of drug-likeness (QED) is 0.235. The van der Waals surface area contributed by atoms with E-state index in [-0.39, 0.29) is 11.5 Å². The second-order valence-electron chi connectivity index (χ2n) is 5.47. The predicted octanol–water partition coefficient (Wildman–Crippen LogP) is -0.692. The average molecular weight is 459 g/mol. The summed E-state index contributed by atoms with van der Waals surface area (Å²) >= 11 is 8.56. The van der Waals surface area contributed by atoms with E-state index in [4.69, 9.17) is 36.6 Å². The van der Waals surface area contributed by atoms with Crippen molar-refractivity contribution in [2.75, 3.05) is 12.3 Å². The van der Waals surface area contributed by atoms with Gasteiger partial charge in [-0.15, -0.1) is 0 Å². The summed E-state index contributed by atoms with van der Waals surface area (Å²) in [4.78, 5) is 29.5. The summed E-state index contributed by atoms with van der Waals surface area (Å²) < 4.78 is 27.2. The number of aliphatic hydroxyl groups is 2. The number of phosphoric acid groups is 1. The maximum Gasteiger partial charge on any atom is 0.475 e. The molecule has 0 aromatic carbocycles. The Balaban J connectivity index is 1.75. The lowest BCUT2D eigenvalue weighted by Crippen LogP contribution is -2.33. The normalized spacial score (nSPS) is 28.5. The molecule has 0 radical (unpaired) electrons. The summed E-state index contributed by atoms with van der Waals surface area (Å²) in [6.45, 7) is -0.431. The number of thiol groups is 1. The van der Waals surface area contributed by atoms with Crippen molar-refractivity contribution in [1.29, 1.82) is 0 Å². The van der Waals surface area contributed by atoms with Gasteiger partial charge in [-0.05, 0) is 11.8 Å². The van der Waals surface area contributed by atoms with Crippen molar-refractivity contribution in [2.24, 2.45) is 0 Å². The summed E-state index contributed by atoms with van der Waals surface area (Å²) in [5.41, 5.74) is 2.68. The molecule has 150 valence electrons. The van der Waals surface area contributed by atoms with Crippen LogP contribution in [0.25, 0.3) is 11.2 Å². The van der Waals surface area contributed by atoms with Crippen molar-refractivity contribution in [1.82, 2.24) is 19.5 Å². The van der Waals surface area contributed by atoms with Crippen LogP contribution in [-0.2, 0) is 29.9 Å². The highest BCUT2D eigenvalue weighted by Gasteiger charge is 2.45. The first kappa shape index (κ1) is 21.0. The molecule has 17 heteroatoms. The topological polar surface area (TPSA) is 195 Å². The number of rotatable bonds is 6. The highest BCUT2D eigenvalue weighted by Crippen LogP contribution is 2.64. The van der Waals surface area contributed by atoms with E-state index in [1.807, 2.05) is 0 Å². The summed E-state index contributed by atoms with van der Waals surface area (Å²) in [7, 11) is -4.91. The first-order chi connectivity index (χ1) is 12.5. The fourth-order valence-electron chi connectivity index (χ4n) is 2.48. The molecular formula is C10H15N5O8P2S2. The van der Waals surface area contributed by atoms with Gasteiger partial charge in [-0.3, -0.25) is 4.57 Å². The fraction of sp³-hybridized carbons (Fsp3) is 0.500. The fourth-order valence-corrected chi connectivity index (χ4v) is 6.10. The van der Waals surface area contributed by atoms with E-state index in [2.05, 4.69) is 31.5 Å². The van der Waals surface area contributed by atoms with Gasteiger partial charge in [0, 0.05) is 0 Å². The molecule has 1 aliphatic heterocycles. The van der Waals surface area contributed by atoms with Crippen molar-refractivity contribution in [3.05, 3.63) is 12.7 Å². The smallest absolute Gasteiger partial charge is 0.387 e. The van der Waals surface area contributed by atoms with E-state index >= 15 is 0 Å². The zero-order chi connectivity index (χ0) is 20.0. The molecule has 1 saturated heterocycles. The van der Waals surface area contributed by atoms with Crippen molar-refractivity contribution in [2.45, 2.75) is 24.5 Å². The minimum Gasteiger partial charge on any atom is -0.387 e. The maximum atomic E-state index is 10.9. The van der Waals surface area contributed by atoms with Gasteiger partial charge in [-0.25, -0.2) is 23.8 Å². The van der Waals surface area contributed by atoms with Crippen LogP contribution in [0.2, 0.25) is 0 Å². The highest BCUT2D eigenvalue weighted by atomic mass is 32.9. The van der Waals surface area contributed by atoms with Gasteiger partial charge < -0.3 is 35.0 Å². The molecule has 5 atom stereocenters. The van der Waals surface area contributed by atoms with Crippen molar-refractivity contribution < 1.29 is 38.1 Å². The summed E-state index contributed by atoms with van der Waals surface area (Å²) in [6.07, 6.45) is -2.41. The van der Waals surface area contributed by atoms with Gasteiger partial charge in [0.25, 0.3) is 5.69 Å². The number of hydrogen-bond acceptors (Lipinski definition) is 11. The summed E-state index contributed by atoms with van der Waals surface area (Å²) in [5.74, 6) is 0.136. The molecule has 1 unspecified atom stereocenters. The molecule has 27 heavy (non-hydrogen) atoms. The molecule has 2 aromatic rings. The van der Waals surface area contributed by atoms with Crippen molar-refractivity contribution in [3.63, 3.8) is 0 Å². The van der Waals surface area contributed by atoms with E-state index in [1.165, 1.54) is 17.2 Å². The van der Waals surface area contributed by atoms with Crippen LogP contribution < -0.4 is 5.73 Å². The molecule has 3 heterocycles. The largest absolute Gasteiger partial charge is 0.475 e. The second kappa shape index (κ2) is 7.61. The molecule has 2 aromatic heterocycles. The third-order valence-electron chi connectivity index (χ3n) is 3.61. The number of nitrogens with zero attached hydrogens (tertiary/aromatic N) is 4. The lowest BCUT2D eigenvalue weighted by Gasteiger charge is -2.20. The van der Waals surface area contributed by atoms with Gasteiger partial charge in [-0.1, -0.05) is 12.2 Å². The van der Waals surface area contributed by atoms with E-state index in [1.54, 1.807) is 0 Å². The number of anilines is 1. The SMILES string of the molecule is Nc1ncnc2c1ncn2[C@@H]1O[C@H](COP(=S)(S)OP(=O)(O)O)[C@@H](O)[C@H]1O. The van der Waals surface area contributed by atoms with E-state index in [0.717, 1.165) is 0 Å². The number of fused-ring (bicyclic) bond motifs is 1. The van der Waals surface area contributed by atoms with Gasteiger partial charge >= 0.3 is 7.82 Å². The van der Waals surface area contributed by atoms with Gasteiger partial charge in [0.1, 0.15) is 30.2 Å².